The van der Waals surface area contributed by atoms with Crippen molar-refractivity contribution in [2.45, 2.75) is 0 Å². The molecule has 2 heteroatoms. The number of para-hydroxylation sites is 2. The van der Waals surface area contributed by atoms with Crippen LogP contribution in [0, 0.1) is 0 Å². The molecule has 0 radical (unpaired) electrons. The van der Waals surface area contributed by atoms with Crippen LogP contribution in [0.4, 0.5) is 17.1 Å². The Morgan fingerprint density at radius 2 is 0.905 bits per heavy atom. The molecule has 0 saturated carbocycles. The number of anilines is 3. The van der Waals surface area contributed by atoms with E-state index in [9.17, 15) is 0 Å². The molecule has 0 unspecified atom stereocenters. The molecule has 0 N–H and O–H groups in total. The molecule has 0 amide bonds. The van der Waals surface area contributed by atoms with Gasteiger partial charge >= 0.3 is 0 Å². The second kappa shape index (κ2) is 8.95. The second-order valence-corrected chi connectivity index (χ2v) is 11.0. The van der Waals surface area contributed by atoms with Gasteiger partial charge in [0.1, 0.15) is 0 Å². The molecule has 9 rings (SSSR count). The topological polar surface area (TPSA) is 8.17 Å². The van der Waals surface area contributed by atoms with Crippen LogP contribution in [-0.2, 0) is 0 Å². The lowest BCUT2D eigenvalue weighted by atomic mass is 10.0. The van der Waals surface area contributed by atoms with Crippen molar-refractivity contribution in [3.8, 4) is 27.9 Å². The summed E-state index contributed by atoms with van der Waals surface area (Å²) < 4.78 is 2.42. The van der Waals surface area contributed by atoms with Gasteiger partial charge in [-0.3, -0.25) is 0 Å². The Hall–Kier alpha value is -5.60. The molecule has 7 aromatic carbocycles. The highest BCUT2D eigenvalue weighted by molar-refractivity contribution is 6.33. The zero-order valence-electron chi connectivity index (χ0n) is 22.9. The van der Waals surface area contributed by atoms with Crippen molar-refractivity contribution in [3.05, 3.63) is 158 Å². The van der Waals surface area contributed by atoms with Crippen LogP contribution < -0.4 is 4.90 Å². The molecule has 1 aromatic heterocycles. The van der Waals surface area contributed by atoms with Crippen LogP contribution >= 0.6 is 0 Å². The number of hydrogen-bond acceptors (Lipinski definition) is 1. The molecule has 1 aliphatic rings. The molecule has 0 bridgehead atoms. The molecule has 42 heavy (non-hydrogen) atoms. The van der Waals surface area contributed by atoms with Crippen molar-refractivity contribution in [1.29, 1.82) is 0 Å². The summed E-state index contributed by atoms with van der Waals surface area (Å²) in [5, 5.41) is 5.46. The van der Waals surface area contributed by atoms with Crippen LogP contribution in [0.15, 0.2) is 158 Å². The third kappa shape index (κ3) is 3.33. The highest BCUT2D eigenvalue weighted by atomic mass is 15.1. The summed E-state index contributed by atoms with van der Waals surface area (Å²) >= 11 is 0. The molecule has 1 aliphatic carbocycles. The monoisotopic (exact) mass is 534 g/mol. The van der Waals surface area contributed by atoms with E-state index in [1.165, 1.54) is 60.5 Å². The zero-order chi connectivity index (χ0) is 27.6. The quantitative estimate of drug-likeness (QED) is 0.213. The minimum atomic E-state index is 1.13. The minimum absolute atomic E-state index is 1.13. The second-order valence-electron chi connectivity index (χ2n) is 11.0. The van der Waals surface area contributed by atoms with Crippen molar-refractivity contribution < 1.29 is 0 Å². The number of benzene rings is 7. The maximum Gasteiger partial charge on any atom is 0.0547 e. The highest BCUT2D eigenvalue weighted by Gasteiger charge is 2.24. The predicted molar refractivity (Wildman–Crippen MR) is 177 cm³/mol. The van der Waals surface area contributed by atoms with Gasteiger partial charge in [0.15, 0.2) is 0 Å². The van der Waals surface area contributed by atoms with Gasteiger partial charge in [-0.25, -0.2) is 0 Å². The molecule has 0 aliphatic heterocycles. The van der Waals surface area contributed by atoms with Gasteiger partial charge in [0.2, 0.25) is 0 Å². The fourth-order valence-electron chi connectivity index (χ4n) is 6.86. The Morgan fingerprint density at radius 1 is 0.357 bits per heavy atom. The lowest BCUT2D eigenvalue weighted by Crippen LogP contribution is -2.09. The van der Waals surface area contributed by atoms with Gasteiger partial charge in [-0.2, -0.15) is 0 Å². The van der Waals surface area contributed by atoms with E-state index in [1.54, 1.807) is 0 Å². The maximum atomic E-state index is 2.42. The fraction of sp³-hybridized carbons (Fsp3) is 0. The van der Waals surface area contributed by atoms with E-state index in [0.717, 1.165) is 17.1 Å². The summed E-state index contributed by atoms with van der Waals surface area (Å²) in [5.74, 6) is 0. The van der Waals surface area contributed by atoms with E-state index in [-0.39, 0.29) is 0 Å². The molecule has 8 aromatic rings. The first kappa shape index (κ1) is 23.1. The van der Waals surface area contributed by atoms with Crippen molar-refractivity contribution in [2.75, 3.05) is 4.90 Å². The van der Waals surface area contributed by atoms with Crippen molar-refractivity contribution >= 4 is 49.6 Å². The van der Waals surface area contributed by atoms with E-state index in [1.807, 2.05) is 0 Å². The summed E-state index contributed by atoms with van der Waals surface area (Å²) in [4.78, 5) is 2.29. The summed E-state index contributed by atoms with van der Waals surface area (Å²) in [5.41, 5.74) is 12.3. The number of fused-ring (bicyclic) bond motifs is 1. The Balaban J connectivity index is 1.10. The largest absolute Gasteiger partial charge is 0.311 e. The van der Waals surface area contributed by atoms with Crippen LogP contribution in [0.2, 0.25) is 0 Å². The first-order chi connectivity index (χ1) is 20.8. The van der Waals surface area contributed by atoms with Gasteiger partial charge < -0.3 is 9.47 Å². The summed E-state index contributed by atoms with van der Waals surface area (Å²) in [7, 11) is 0. The average Bonchev–Trinajstić information content (AvgIpc) is 3.59. The Labute approximate surface area is 244 Å². The summed E-state index contributed by atoms with van der Waals surface area (Å²) in [6.45, 7) is 0. The standard InChI is InChI=1S/C40H26N2/c1-3-10-30(11-4-1)41(31-12-5-2-6-13-31)32-22-17-27(18-23-32)28-19-24-33(25-20-28)42-36-16-8-15-35-34-14-7-9-29-21-26-37(42)40(38(29)34)39(35)36/h1-26H. The smallest absolute Gasteiger partial charge is 0.0547 e. The average molecular weight is 535 g/mol. The number of hydrogen-bond donors (Lipinski definition) is 0. The van der Waals surface area contributed by atoms with Gasteiger partial charge in [-0.1, -0.05) is 97.1 Å². The Morgan fingerprint density at radius 3 is 1.57 bits per heavy atom. The van der Waals surface area contributed by atoms with Crippen molar-refractivity contribution in [1.82, 2.24) is 4.57 Å². The Bertz CT molecular complexity index is 2220. The summed E-state index contributed by atoms with van der Waals surface area (Å²) in [6, 6.07) is 56.9. The molecule has 196 valence electrons. The lowest BCUT2D eigenvalue weighted by molar-refractivity contribution is 1.18. The van der Waals surface area contributed by atoms with Crippen LogP contribution in [-0.4, -0.2) is 4.57 Å². The molecular weight excluding hydrogens is 508 g/mol. The third-order valence-electron chi connectivity index (χ3n) is 8.70. The normalized spacial score (nSPS) is 11.8. The SMILES string of the molecule is c1ccc(N(c2ccccc2)c2ccc(-c3ccc(-n4c5cccc6c5c5c7c-6cccc7ccc54)cc3)cc2)cc1. The molecule has 0 atom stereocenters. The van der Waals surface area contributed by atoms with Gasteiger partial charge in [-0.05, 0) is 93.7 Å². The van der Waals surface area contributed by atoms with Gasteiger partial charge in [-0.15, -0.1) is 0 Å². The molecule has 2 nitrogen and oxygen atoms in total. The number of rotatable bonds is 5. The molecule has 0 spiro atoms. The first-order valence-corrected chi connectivity index (χ1v) is 14.5. The van der Waals surface area contributed by atoms with Gasteiger partial charge in [0.05, 0.1) is 11.0 Å². The molecule has 1 heterocycles. The van der Waals surface area contributed by atoms with E-state index in [2.05, 4.69) is 167 Å². The van der Waals surface area contributed by atoms with Crippen molar-refractivity contribution in [3.63, 3.8) is 0 Å². The van der Waals surface area contributed by atoms with Gasteiger partial charge in [0, 0.05) is 33.5 Å². The lowest BCUT2D eigenvalue weighted by Gasteiger charge is -2.25. The van der Waals surface area contributed by atoms with E-state index in [4.69, 9.17) is 0 Å². The Kier molecular flexibility index (Phi) is 4.93. The maximum absolute atomic E-state index is 2.42. The van der Waals surface area contributed by atoms with E-state index < -0.39 is 0 Å². The predicted octanol–water partition coefficient (Wildman–Crippen LogP) is 11.1. The van der Waals surface area contributed by atoms with Crippen LogP contribution in [0.3, 0.4) is 0 Å². The van der Waals surface area contributed by atoms with Crippen LogP contribution in [0.25, 0.3) is 60.5 Å². The first-order valence-electron chi connectivity index (χ1n) is 14.5. The fourth-order valence-corrected chi connectivity index (χ4v) is 6.86. The number of aromatic nitrogens is 1. The third-order valence-corrected chi connectivity index (χ3v) is 8.70. The molecule has 0 saturated heterocycles. The van der Waals surface area contributed by atoms with E-state index in [0.29, 0.717) is 0 Å². The van der Waals surface area contributed by atoms with Crippen molar-refractivity contribution in [2.24, 2.45) is 0 Å². The number of nitrogens with zero attached hydrogens (tertiary/aromatic N) is 2. The zero-order valence-corrected chi connectivity index (χ0v) is 22.9. The highest BCUT2D eigenvalue weighted by Crippen LogP contribution is 2.49. The molecule has 0 fully saturated rings. The van der Waals surface area contributed by atoms with E-state index >= 15 is 0 Å². The van der Waals surface area contributed by atoms with Gasteiger partial charge in [0.25, 0.3) is 0 Å². The summed E-state index contributed by atoms with van der Waals surface area (Å²) in [6.07, 6.45) is 0. The van der Waals surface area contributed by atoms with Crippen LogP contribution in [0.1, 0.15) is 0 Å². The minimum Gasteiger partial charge on any atom is -0.311 e. The van der Waals surface area contributed by atoms with Crippen LogP contribution in [0.5, 0.6) is 0 Å². The molecular formula is C40H26N2.